The van der Waals surface area contributed by atoms with Crippen molar-refractivity contribution >= 4 is 28.5 Å². The minimum absolute atomic E-state index is 0.106. The summed E-state index contributed by atoms with van der Waals surface area (Å²) in [4.78, 5) is 11.8. The Morgan fingerprint density at radius 3 is 2.90 bits per heavy atom. The van der Waals surface area contributed by atoms with Gasteiger partial charge in [0.25, 0.3) is 12.3 Å². The van der Waals surface area contributed by atoms with E-state index in [4.69, 9.17) is 9.68 Å². The molecule has 20 heavy (non-hydrogen) atoms. The molecule has 0 aromatic carbocycles. The molecule has 6 nitrogen and oxygen atoms in total. The lowest BCUT2D eigenvalue weighted by Crippen LogP contribution is -2.13. The zero-order valence-corrected chi connectivity index (χ0v) is 10.5. The van der Waals surface area contributed by atoms with Crippen LogP contribution < -0.4 is 5.32 Å². The summed E-state index contributed by atoms with van der Waals surface area (Å²) < 4.78 is 29.6. The third-order valence-electron chi connectivity index (χ3n) is 2.04. The van der Waals surface area contributed by atoms with Crippen molar-refractivity contribution < 1.29 is 18.0 Å². The highest BCUT2D eigenvalue weighted by Crippen LogP contribution is 2.25. The normalized spacial score (nSPS) is 11.4. The second-order valence-electron chi connectivity index (χ2n) is 3.39. The van der Waals surface area contributed by atoms with Gasteiger partial charge in [0.1, 0.15) is 17.4 Å². The molecule has 102 valence electrons. The molecule has 0 saturated carbocycles. The van der Waals surface area contributed by atoms with Gasteiger partial charge in [0.2, 0.25) is 5.13 Å². The Bertz CT molecular complexity index is 673. The fourth-order valence-corrected chi connectivity index (χ4v) is 1.80. The molecule has 1 N–H and O–H groups in total. The minimum atomic E-state index is -2.76. The van der Waals surface area contributed by atoms with E-state index in [0.29, 0.717) is 17.1 Å². The standard InChI is InChI=1S/C11H6F2N4O2S/c12-8(13)10-16-17-11(20-10)15-9(18)6(5-14)4-7-2-1-3-19-7/h1-4,8H,(H,15,17,18). The molecule has 0 saturated heterocycles. The van der Waals surface area contributed by atoms with Crippen molar-refractivity contribution in [2.75, 3.05) is 5.32 Å². The van der Waals surface area contributed by atoms with Gasteiger partial charge in [-0.15, -0.1) is 10.2 Å². The van der Waals surface area contributed by atoms with Crippen LogP contribution in [-0.2, 0) is 4.79 Å². The second-order valence-corrected chi connectivity index (χ2v) is 4.39. The van der Waals surface area contributed by atoms with Crippen LogP contribution in [0.1, 0.15) is 17.2 Å². The summed E-state index contributed by atoms with van der Waals surface area (Å²) in [6.45, 7) is 0. The quantitative estimate of drug-likeness (QED) is 0.691. The smallest absolute Gasteiger partial charge is 0.291 e. The summed E-state index contributed by atoms with van der Waals surface area (Å²) in [5.41, 5.74) is -0.242. The van der Waals surface area contributed by atoms with Gasteiger partial charge in [-0.3, -0.25) is 10.1 Å². The summed E-state index contributed by atoms with van der Waals surface area (Å²) in [6.07, 6.45) is -0.143. The number of nitrogens with zero attached hydrogens (tertiary/aromatic N) is 3. The molecule has 0 aliphatic carbocycles. The Balaban J connectivity index is 2.12. The number of hydrogen-bond acceptors (Lipinski definition) is 6. The summed E-state index contributed by atoms with van der Waals surface area (Å²) in [6, 6.07) is 4.84. The number of halogens is 2. The Morgan fingerprint density at radius 1 is 1.55 bits per heavy atom. The molecule has 0 bridgehead atoms. The molecule has 1 amide bonds. The molecule has 0 atom stereocenters. The number of rotatable bonds is 4. The van der Waals surface area contributed by atoms with Gasteiger partial charge in [-0.2, -0.15) is 5.26 Å². The Labute approximate surface area is 115 Å². The van der Waals surface area contributed by atoms with E-state index in [0.717, 1.165) is 0 Å². The molecule has 9 heteroatoms. The number of aromatic nitrogens is 2. The topological polar surface area (TPSA) is 91.8 Å². The molecular formula is C11H6F2N4O2S. The molecule has 2 aromatic rings. The van der Waals surface area contributed by atoms with Gasteiger partial charge in [0, 0.05) is 6.08 Å². The number of anilines is 1. The van der Waals surface area contributed by atoms with E-state index in [1.54, 1.807) is 18.2 Å². The number of nitriles is 1. The van der Waals surface area contributed by atoms with Crippen LogP contribution in [-0.4, -0.2) is 16.1 Å². The molecule has 2 aromatic heterocycles. The highest BCUT2D eigenvalue weighted by atomic mass is 32.1. The van der Waals surface area contributed by atoms with Gasteiger partial charge in [-0.05, 0) is 12.1 Å². The lowest BCUT2D eigenvalue weighted by Gasteiger charge is -1.98. The maximum Gasteiger partial charge on any atom is 0.291 e. The molecule has 2 heterocycles. The number of hydrogen-bond donors (Lipinski definition) is 1. The number of amides is 1. The molecule has 0 fully saturated rings. The van der Waals surface area contributed by atoms with Crippen molar-refractivity contribution in [3.63, 3.8) is 0 Å². The fourth-order valence-electron chi connectivity index (χ4n) is 1.20. The van der Waals surface area contributed by atoms with Gasteiger partial charge in [0.15, 0.2) is 5.01 Å². The molecular weight excluding hydrogens is 290 g/mol. The van der Waals surface area contributed by atoms with Crippen LogP contribution in [0.5, 0.6) is 0 Å². The van der Waals surface area contributed by atoms with Crippen LogP contribution in [0.15, 0.2) is 28.4 Å². The van der Waals surface area contributed by atoms with Crippen LogP contribution >= 0.6 is 11.3 Å². The molecule has 0 unspecified atom stereocenters. The lowest BCUT2D eigenvalue weighted by atomic mass is 10.2. The van der Waals surface area contributed by atoms with Crippen LogP contribution in [0, 0.1) is 11.3 Å². The first-order valence-electron chi connectivity index (χ1n) is 5.18. The van der Waals surface area contributed by atoms with E-state index < -0.39 is 17.3 Å². The summed E-state index contributed by atoms with van der Waals surface area (Å²) in [5, 5.41) is 17.1. The van der Waals surface area contributed by atoms with E-state index in [1.165, 1.54) is 12.3 Å². The lowest BCUT2D eigenvalue weighted by molar-refractivity contribution is -0.112. The van der Waals surface area contributed by atoms with Crippen LogP contribution in [0.3, 0.4) is 0 Å². The zero-order chi connectivity index (χ0) is 14.5. The van der Waals surface area contributed by atoms with E-state index in [2.05, 4.69) is 15.5 Å². The molecule has 0 aliphatic rings. The Morgan fingerprint density at radius 2 is 2.35 bits per heavy atom. The van der Waals surface area contributed by atoms with E-state index in [-0.39, 0.29) is 10.7 Å². The van der Waals surface area contributed by atoms with E-state index in [9.17, 15) is 13.6 Å². The first-order valence-corrected chi connectivity index (χ1v) is 6.00. The summed E-state index contributed by atoms with van der Waals surface area (Å²) in [5.74, 6) is -0.455. The first-order chi connectivity index (χ1) is 9.60. The SMILES string of the molecule is N#CC(=Cc1ccco1)C(=O)Nc1nnc(C(F)F)s1. The van der Waals surface area contributed by atoms with Crippen LogP contribution in [0.2, 0.25) is 0 Å². The van der Waals surface area contributed by atoms with E-state index >= 15 is 0 Å². The number of alkyl halides is 2. The third kappa shape index (κ3) is 3.24. The Hall–Kier alpha value is -2.60. The average Bonchev–Trinajstić information content (AvgIpc) is 3.06. The Kier molecular flexibility index (Phi) is 4.17. The molecule has 0 spiro atoms. The maximum atomic E-state index is 12.3. The largest absolute Gasteiger partial charge is 0.465 e. The summed E-state index contributed by atoms with van der Waals surface area (Å²) in [7, 11) is 0. The third-order valence-corrected chi connectivity index (χ3v) is 2.89. The van der Waals surface area contributed by atoms with Crippen molar-refractivity contribution in [2.45, 2.75) is 6.43 Å². The maximum absolute atomic E-state index is 12.3. The van der Waals surface area contributed by atoms with Crippen molar-refractivity contribution in [3.8, 4) is 6.07 Å². The first kappa shape index (κ1) is 13.8. The van der Waals surface area contributed by atoms with Gasteiger partial charge in [-0.25, -0.2) is 8.78 Å². The summed E-state index contributed by atoms with van der Waals surface area (Å²) >= 11 is 0.541. The van der Waals surface area contributed by atoms with Gasteiger partial charge >= 0.3 is 0 Å². The zero-order valence-electron chi connectivity index (χ0n) is 9.71. The molecule has 0 radical (unpaired) electrons. The van der Waals surface area contributed by atoms with Gasteiger partial charge in [0.05, 0.1) is 6.26 Å². The number of furan rings is 1. The van der Waals surface area contributed by atoms with Crippen molar-refractivity contribution in [1.82, 2.24) is 10.2 Å². The number of nitrogens with one attached hydrogen (secondary N) is 1. The second kappa shape index (κ2) is 6.03. The van der Waals surface area contributed by atoms with Crippen molar-refractivity contribution in [2.24, 2.45) is 0 Å². The van der Waals surface area contributed by atoms with Crippen LogP contribution in [0.4, 0.5) is 13.9 Å². The van der Waals surface area contributed by atoms with Crippen LogP contribution in [0.25, 0.3) is 6.08 Å². The molecule has 0 aliphatic heterocycles. The number of carbonyl (C=O) groups is 1. The highest BCUT2D eigenvalue weighted by molar-refractivity contribution is 7.15. The highest BCUT2D eigenvalue weighted by Gasteiger charge is 2.17. The average molecular weight is 296 g/mol. The van der Waals surface area contributed by atoms with Gasteiger partial charge in [-0.1, -0.05) is 11.3 Å². The fraction of sp³-hybridized carbons (Fsp3) is 0.0909. The van der Waals surface area contributed by atoms with Gasteiger partial charge < -0.3 is 4.42 Å². The predicted octanol–water partition coefficient (Wildman–Crippen LogP) is 2.61. The van der Waals surface area contributed by atoms with Crippen molar-refractivity contribution in [1.29, 1.82) is 5.26 Å². The monoisotopic (exact) mass is 296 g/mol. The van der Waals surface area contributed by atoms with E-state index in [1.807, 2.05) is 0 Å². The number of carbonyl (C=O) groups excluding carboxylic acids is 1. The molecule has 2 rings (SSSR count). The van der Waals surface area contributed by atoms with Crippen molar-refractivity contribution in [3.05, 3.63) is 34.7 Å². The predicted molar refractivity (Wildman–Crippen MR) is 65.8 cm³/mol. The minimum Gasteiger partial charge on any atom is -0.465 e.